The Hall–Kier alpha value is -2.71. The zero-order valence-corrected chi connectivity index (χ0v) is 18.4. The second-order valence-electron chi connectivity index (χ2n) is 8.59. The van der Waals surface area contributed by atoms with Crippen LogP contribution in [-0.2, 0) is 22.7 Å². The van der Waals surface area contributed by atoms with Crippen LogP contribution < -0.4 is 10.2 Å². The number of anilines is 1. The standard InChI is InChI=1S/C23H26N4O3S/c1-15-13-31-14-20(15)26-8-6-25(7-9-26)11-16-2-3-18-17(10-16)12-27(23(18)30)19-4-5-21(28)24-22(19)29/h2-3,10,13-14,19H,4-9,11-12H2,1H3,(H,24,28,29). The van der Waals surface area contributed by atoms with Gasteiger partial charge in [-0.05, 0) is 41.5 Å². The summed E-state index contributed by atoms with van der Waals surface area (Å²) in [5.41, 5.74) is 5.54. The van der Waals surface area contributed by atoms with Crippen molar-refractivity contribution in [3.63, 3.8) is 0 Å². The second-order valence-corrected chi connectivity index (χ2v) is 9.34. The van der Waals surface area contributed by atoms with E-state index in [0.29, 0.717) is 18.5 Å². The fourth-order valence-electron chi connectivity index (χ4n) is 4.81. The Kier molecular flexibility index (Phi) is 5.27. The van der Waals surface area contributed by atoms with Crippen LogP contribution in [0.25, 0.3) is 0 Å². The third-order valence-electron chi connectivity index (χ3n) is 6.54. The molecular formula is C23H26N4O3S. The quantitative estimate of drug-likeness (QED) is 0.741. The second kappa shape index (κ2) is 8.09. The summed E-state index contributed by atoms with van der Waals surface area (Å²) in [7, 11) is 0. The Morgan fingerprint density at radius 1 is 1.10 bits per heavy atom. The van der Waals surface area contributed by atoms with Crippen LogP contribution in [0.1, 0.15) is 39.9 Å². The van der Waals surface area contributed by atoms with Crippen LogP contribution in [0.4, 0.5) is 5.69 Å². The molecule has 1 aromatic heterocycles. The number of fused-ring (bicyclic) bond motifs is 1. The number of hydrogen-bond acceptors (Lipinski definition) is 6. The molecule has 4 heterocycles. The molecule has 7 nitrogen and oxygen atoms in total. The number of hydrogen-bond donors (Lipinski definition) is 1. The van der Waals surface area contributed by atoms with E-state index in [1.807, 2.05) is 12.1 Å². The van der Waals surface area contributed by atoms with Crippen LogP contribution in [0.5, 0.6) is 0 Å². The van der Waals surface area contributed by atoms with E-state index in [-0.39, 0.29) is 24.1 Å². The minimum absolute atomic E-state index is 0.115. The zero-order valence-electron chi connectivity index (χ0n) is 17.6. The molecule has 2 saturated heterocycles. The molecule has 2 aromatic rings. The SMILES string of the molecule is Cc1cscc1N1CCN(Cc2ccc3c(c2)CN(C2CCC(=O)NC2=O)C3=O)CC1. The molecule has 5 rings (SSSR count). The smallest absolute Gasteiger partial charge is 0.255 e. The molecule has 162 valence electrons. The molecule has 0 bridgehead atoms. The van der Waals surface area contributed by atoms with Gasteiger partial charge in [0.25, 0.3) is 5.91 Å². The van der Waals surface area contributed by atoms with E-state index in [9.17, 15) is 14.4 Å². The topological polar surface area (TPSA) is 73.0 Å². The molecule has 0 saturated carbocycles. The first-order chi connectivity index (χ1) is 15.0. The minimum Gasteiger partial charge on any atom is -0.368 e. The van der Waals surface area contributed by atoms with Crippen LogP contribution in [0.15, 0.2) is 29.0 Å². The largest absolute Gasteiger partial charge is 0.368 e. The monoisotopic (exact) mass is 438 g/mol. The highest BCUT2D eigenvalue weighted by Crippen LogP contribution is 2.29. The lowest BCUT2D eigenvalue weighted by molar-refractivity contribution is -0.136. The summed E-state index contributed by atoms with van der Waals surface area (Å²) in [5.74, 6) is -0.742. The lowest BCUT2D eigenvalue weighted by Gasteiger charge is -2.36. The zero-order chi connectivity index (χ0) is 21.5. The number of carbonyl (C=O) groups excluding carboxylic acids is 3. The van der Waals surface area contributed by atoms with Gasteiger partial charge in [0, 0.05) is 56.6 Å². The number of nitrogens with zero attached hydrogens (tertiary/aromatic N) is 3. The third-order valence-corrected chi connectivity index (χ3v) is 7.38. The summed E-state index contributed by atoms with van der Waals surface area (Å²) in [4.78, 5) is 43.0. The van der Waals surface area contributed by atoms with E-state index < -0.39 is 6.04 Å². The average molecular weight is 439 g/mol. The molecule has 3 aliphatic heterocycles. The maximum absolute atomic E-state index is 12.8. The van der Waals surface area contributed by atoms with E-state index >= 15 is 0 Å². The van der Waals surface area contributed by atoms with Gasteiger partial charge in [-0.2, -0.15) is 0 Å². The van der Waals surface area contributed by atoms with Gasteiger partial charge in [-0.15, -0.1) is 11.3 Å². The number of imide groups is 1. The van der Waals surface area contributed by atoms with Gasteiger partial charge in [0.15, 0.2) is 0 Å². The lowest BCUT2D eigenvalue weighted by Crippen LogP contribution is -2.52. The molecule has 1 N–H and O–H groups in total. The number of piperazine rings is 1. The van der Waals surface area contributed by atoms with Gasteiger partial charge in [0.05, 0.1) is 5.69 Å². The van der Waals surface area contributed by atoms with Gasteiger partial charge in [0.2, 0.25) is 11.8 Å². The van der Waals surface area contributed by atoms with Crippen molar-refractivity contribution in [1.82, 2.24) is 15.1 Å². The van der Waals surface area contributed by atoms with Crippen molar-refractivity contribution in [3.05, 3.63) is 51.2 Å². The van der Waals surface area contributed by atoms with Crippen LogP contribution in [-0.4, -0.2) is 59.7 Å². The summed E-state index contributed by atoms with van der Waals surface area (Å²) in [6.45, 7) is 7.51. The average Bonchev–Trinajstić information content (AvgIpc) is 3.32. The van der Waals surface area contributed by atoms with Crippen molar-refractivity contribution in [2.45, 2.75) is 38.9 Å². The Balaban J connectivity index is 1.22. The number of amides is 3. The van der Waals surface area contributed by atoms with Crippen molar-refractivity contribution in [2.24, 2.45) is 0 Å². The molecule has 2 fully saturated rings. The van der Waals surface area contributed by atoms with Crippen molar-refractivity contribution >= 4 is 34.7 Å². The van der Waals surface area contributed by atoms with Crippen LogP contribution >= 0.6 is 11.3 Å². The summed E-state index contributed by atoms with van der Waals surface area (Å²) >= 11 is 1.76. The van der Waals surface area contributed by atoms with Crippen molar-refractivity contribution < 1.29 is 14.4 Å². The van der Waals surface area contributed by atoms with E-state index in [4.69, 9.17) is 0 Å². The summed E-state index contributed by atoms with van der Waals surface area (Å²) in [6.07, 6.45) is 0.670. The molecule has 1 atom stereocenters. The summed E-state index contributed by atoms with van der Waals surface area (Å²) in [5, 5.41) is 6.79. The van der Waals surface area contributed by atoms with E-state index in [1.165, 1.54) is 16.8 Å². The Labute approximate surface area is 185 Å². The highest BCUT2D eigenvalue weighted by atomic mass is 32.1. The number of nitrogens with one attached hydrogen (secondary N) is 1. The molecule has 31 heavy (non-hydrogen) atoms. The fraction of sp³-hybridized carbons (Fsp3) is 0.435. The molecule has 1 unspecified atom stereocenters. The van der Waals surface area contributed by atoms with Crippen LogP contribution in [0.3, 0.4) is 0 Å². The molecular weight excluding hydrogens is 412 g/mol. The van der Waals surface area contributed by atoms with Gasteiger partial charge in [-0.1, -0.05) is 12.1 Å². The fourth-order valence-corrected chi connectivity index (χ4v) is 5.67. The molecule has 3 amide bonds. The molecule has 0 aliphatic carbocycles. The Morgan fingerprint density at radius 2 is 1.90 bits per heavy atom. The maximum atomic E-state index is 12.8. The number of aryl methyl sites for hydroxylation is 1. The number of thiophene rings is 1. The number of piperidine rings is 1. The van der Waals surface area contributed by atoms with Gasteiger partial charge in [-0.25, -0.2) is 0 Å². The maximum Gasteiger partial charge on any atom is 0.255 e. The molecule has 0 radical (unpaired) electrons. The molecule has 8 heteroatoms. The van der Waals surface area contributed by atoms with E-state index in [1.54, 1.807) is 16.2 Å². The lowest BCUT2D eigenvalue weighted by atomic mass is 10.0. The minimum atomic E-state index is -0.560. The van der Waals surface area contributed by atoms with Gasteiger partial charge >= 0.3 is 0 Å². The number of carbonyl (C=O) groups is 3. The van der Waals surface area contributed by atoms with Gasteiger partial charge < -0.3 is 9.80 Å². The highest BCUT2D eigenvalue weighted by molar-refractivity contribution is 7.08. The van der Waals surface area contributed by atoms with Gasteiger partial charge in [0.1, 0.15) is 6.04 Å². The first-order valence-electron chi connectivity index (χ1n) is 10.8. The first kappa shape index (κ1) is 20.2. The van der Waals surface area contributed by atoms with Gasteiger partial charge in [-0.3, -0.25) is 24.6 Å². The van der Waals surface area contributed by atoms with E-state index in [2.05, 4.69) is 38.9 Å². The van der Waals surface area contributed by atoms with Crippen molar-refractivity contribution in [3.8, 4) is 0 Å². The number of rotatable bonds is 4. The summed E-state index contributed by atoms with van der Waals surface area (Å²) in [6, 6.07) is 5.47. The van der Waals surface area contributed by atoms with Crippen molar-refractivity contribution in [1.29, 1.82) is 0 Å². The van der Waals surface area contributed by atoms with E-state index in [0.717, 1.165) is 38.3 Å². The normalized spacial score (nSPS) is 22.1. The predicted octanol–water partition coefficient (Wildman–Crippen LogP) is 2.14. The molecule has 0 spiro atoms. The predicted molar refractivity (Wildman–Crippen MR) is 119 cm³/mol. The molecule has 1 aromatic carbocycles. The van der Waals surface area contributed by atoms with Crippen LogP contribution in [0.2, 0.25) is 0 Å². The van der Waals surface area contributed by atoms with Crippen LogP contribution in [0, 0.1) is 6.92 Å². The highest BCUT2D eigenvalue weighted by Gasteiger charge is 2.39. The third kappa shape index (κ3) is 3.85. The Morgan fingerprint density at radius 3 is 2.61 bits per heavy atom. The molecule has 3 aliphatic rings. The first-order valence-corrected chi connectivity index (χ1v) is 11.7. The van der Waals surface area contributed by atoms with Crippen molar-refractivity contribution in [2.75, 3.05) is 31.1 Å². The summed E-state index contributed by atoms with van der Waals surface area (Å²) < 4.78 is 0. The number of benzene rings is 1. The Bertz CT molecular complexity index is 1040.